The summed E-state index contributed by atoms with van der Waals surface area (Å²) in [6.45, 7) is 4.83. The first-order valence-electron chi connectivity index (χ1n) is 11.1. The molecule has 1 aromatic carbocycles. The minimum absolute atomic E-state index is 0.0302. The number of carbonyl (C=O) groups is 1. The summed E-state index contributed by atoms with van der Waals surface area (Å²) in [5, 5.41) is 3.19. The molecule has 1 aliphatic rings. The molecule has 0 atom stereocenters. The van der Waals surface area contributed by atoms with Crippen molar-refractivity contribution in [1.82, 2.24) is 15.3 Å². The lowest BCUT2D eigenvalue weighted by molar-refractivity contribution is 0.0943. The Kier molecular flexibility index (Phi) is 6.40. The van der Waals surface area contributed by atoms with E-state index in [1.165, 1.54) is 24.0 Å². The number of nitrogens with one attached hydrogen (secondary N) is 2. The van der Waals surface area contributed by atoms with Crippen molar-refractivity contribution in [2.24, 2.45) is 5.92 Å². The molecule has 0 saturated heterocycles. The minimum atomic E-state index is -0.0302. The molecule has 31 heavy (non-hydrogen) atoms. The molecule has 1 fully saturated rings. The molecule has 2 aromatic heterocycles. The van der Waals surface area contributed by atoms with Crippen LogP contribution >= 0.6 is 0 Å². The molecule has 0 unspecified atom stereocenters. The summed E-state index contributed by atoms with van der Waals surface area (Å²) < 4.78 is 5.50. The number of carbonyl (C=O) groups excluding carboxylic acids is 1. The van der Waals surface area contributed by atoms with Gasteiger partial charge < -0.3 is 15.0 Å². The Morgan fingerprint density at radius 3 is 2.68 bits per heavy atom. The molecule has 1 amide bonds. The number of nitrogens with zero attached hydrogens (tertiary/aromatic N) is 1. The van der Waals surface area contributed by atoms with Gasteiger partial charge in [0.1, 0.15) is 5.75 Å². The highest BCUT2D eigenvalue weighted by Crippen LogP contribution is 2.37. The molecule has 1 aliphatic carbocycles. The Morgan fingerprint density at radius 1 is 1.16 bits per heavy atom. The quantitative estimate of drug-likeness (QED) is 0.564. The van der Waals surface area contributed by atoms with Gasteiger partial charge in [-0.2, -0.15) is 0 Å². The van der Waals surface area contributed by atoms with E-state index in [4.69, 9.17) is 4.74 Å². The van der Waals surface area contributed by atoms with Crippen molar-refractivity contribution in [1.29, 1.82) is 0 Å². The average molecular weight is 418 g/mol. The predicted octanol–water partition coefficient (Wildman–Crippen LogP) is 5.41. The monoisotopic (exact) mass is 417 g/mol. The smallest absolute Gasteiger partial charge is 0.253 e. The van der Waals surface area contributed by atoms with Crippen LogP contribution in [-0.2, 0) is 0 Å². The topological polar surface area (TPSA) is 67.0 Å². The van der Waals surface area contributed by atoms with E-state index in [0.29, 0.717) is 17.4 Å². The molecule has 4 rings (SSSR count). The Hall–Kier alpha value is -3.08. The van der Waals surface area contributed by atoms with Crippen LogP contribution in [0.3, 0.4) is 0 Å². The number of aryl methyl sites for hydroxylation is 2. The maximum Gasteiger partial charge on any atom is 0.253 e. The summed E-state index contributed by atoms with van der Waals surface area (Å²) in [6.07, 6.45) is 8.46. The van der Waals surface area contributed by atoms with Gasteiger partial charge in [0.15, 0.2) is 0 Å². The van der Waals surface area contributed by atoms with E-state index < -0.39 is 0 Å². The molecule has 1 saturated carbocycles. The summed E-state index contributed by atoms with van der Waals surface area (Å²) in [7, 11) is 1.65. The SMILES string of the molecule is COc1ccccc1-c1[nH]c(C)cc1C(=O)NCC1CCC(c2ccncc2C)CC1. The van der Waals surface area contributed by atoms with Crippen LogP contribution in [0, 0.1) is 19.8 Å². The Balaban J connectivity index is 1.39. The summed E-state index contributed by atoms with van der Waals surface area (Å²) in [5.41, 5.74) is 6.05. The van der Waals surface area contributed by atoms with Crippen LogP contribution in [0.2, 0.25) is 0 Å². The number of aromatic nitrogens is 2. The van der Waals surface area contributed by atoms with Crippen LogP contribution in [-0.4, -0.2) is 29.5 Å². The van der Waals surface area contributed by atoms with Crippen molar-refractivity contribution >= 4 is 5.91 Å². The van der Waals surface area contributed by atoms with Gasteiger partial charge in [0, 0.05) is 30.2 Å². The van der Waals surface area contributed by atoms with Gasteiger partial charge in [0.05, 0.1) is 18.4 Å². The first kappa shape index (κ1) is 21.2. The highest BCUT2D eigenvalue weighted by molar-refractivity contribution is 6.01. The number of para-hydroxylation sites is 1. The van der Waals surface area contributed by atoms with E-state index in [0.717, 1.165) is 42.1 Å². The standard InChI is InChI=1S/C26H31N3O2/c1-17-15-27-13-12-21(17)20-10-8-19(9-11-20)16-28-26(30)23-14-18(2)29-25(23)22-6-4-5-7-24(22)31-3/h4-7,12-15,19-20,29H,8-11,16H2,1-3H3,(H,28,30). The van der Waals surface area contributed by atoms with Crippen LogP contribution < -0.4 is 10.1 Å². The lowest BCUT2D eigenvalue weighted by Gasteiger charge is -2.29. The van der Waals surface area contributed by atoms with Gasteiger partial charge in [-0.25, -0.2) is 0 Å². The van der Waals surface area contributed by atoms with Gasteiger partial charge in [-0.1, -0.05) is 12.1 Å². The van der Waals surface area contributed by atoms with Crippen LogP contribution in [0.4, 0.5) is 0 Å². The van der Waals surface area contributed by atoms with Crippen molar-refractivity contribution in [3.8, 4) is 17.0 Å². The van der Waals surface area contributed by atoms with Crippen LogP contribution in [0.15, 0.2) is 48.8 Å². The van der Waals surface area contributed by atoms with E-state index in [-0.39, 0.29) is 5.91 Å². The third-order valence-electron chi connectivity index (χ3n) is 6.47. The summed E-state index contributed by atoms with van der Waals surface area (Å²) >= 11 is 0. The van der Waals surface area contributed by atoms with Crippen molar-refractivity contribution in [3.63, 3.8) is 0 Å². The zero-order chi connectivity index (χ0) is 21.8. The van der Waals surface area contributed by atoms with Crippen LogP contribution in [0.1, 0.15) is 58.8 Å². The summed E-state index contributed by atoms with van der Waals surface area (Å²) in [6, 6.07) is 11.9. The third-order valence-corrected chi connectivity index (χ3v) is 6.47. The number of benzene rings is 1. The Morgan fingerprint density at radius 2 is 1.94 bits per heavy atom. The summed E-state index contributed by atoms with van der Waals surface area (Å²) in [5.74, 6) is 1.86. The van der Waals surface area contributed by atoms with Crippen molar-refractivity contribution in [2.75, 3.05) is 13.7 Å². The van der Waals surface area contributed by atoms with Crippen molar-refractivity contribution < 1.29 is 9.53 Å². The number of hydrogen-bond donors (Lipinski definition) is 2. The molecule has 3 aromatic rings. The Bertz CT molecular complexity index is 1050. The number of rotatable bonds is 6. The highest BCUT2D eigenvalue weighted by atomic mass is 16.5. The maximum absolute atomic E-state index is 13.0. The zero-order valence-corrected chi connectivity index (χ0v) is 18.6. The van der Waals surface area contributed by atoms with Gasteiger partial charge in [0.25, 0.3) is 5.91 Å². The van der Waals surface area contributed by atoms with Crippen molar-refractivity contribution in [2.45, 2.75) is 45.4 Å². The number of hydrogen-bond acceptors (Lipinski definition) is 3. The molecule has 5 nitrogen and oxygen atoms in total. The fourth-order valence-corrected chi connectivity index (χ4v) is 4.78. The summed E-state index contributed by atoms with van der Waals surface area (Å²) in [4.78, 5) is 20.6. The normalized spacial score (nSPS) is 18.5. The second-order valence-electron chi connectivity index (χ2n) is 8.60. The molecule has 2 heterocycles. The number of pyridine rings is 1. The second kappa shape index (κ2) is 9.38. The number of ether oxygens (including phenoxy) is 1. The molecule has 162 valence electrons. The number of methoxy groups -OCH3 is 1. The third kappa shape index (κ3) is 4.66. The van der Waals surface area contributed by atoms with Gasteiger partial charge in [0.2, 0.25) is 0 Å². The molecule has 0 radical (unpaired) electrons. The maximum atomic E-state index is 13.0. The zero-order valence-electron chi connectivity index (χ0n) is 18.6. The highest BCUT2D eigenvalue weighted by Gasteiger charge is 2.25. The number of aromatic amines is 1. The molecule has 0 spiro atoms. The van der Waals surface area contributed by atoms with Crippen molar-refractivity contribution in [3.05, 3.63) is 71.2 Å². The Labute approximate surface area is 184 Å². The molecular formula is C26H31N3O2. The van der Waals surface area contributed by atoms with E-state index in [1.807, 2.05) is 49.6 Å². The second-order valence-corrected chi connectivity index (χ2v) is 8.60. The lowest BCUT2D eigenvalue weighted by Crippen LogP contribution is -2.31. The van der Waals surface area contributed by atoms with Crippen LogP contribution in [0.25, 0.3) is 11.3 Å². The average Bonchev–Trinajstić information content (AvgIpc) is 3.20. The fourth-order valence-electron chi connectivity index (χ4n) is 4.78. The van der Waals surface area contributed by atoms with Gasteiger partial charge in [-0.3, -0.25) is 9.78 Å². The molecule has 5 heteroatoms. The molecule has 0 aliphatic heterocycles. The molecular weight excluding hydrogens is 386 g/mol. The first-order valence-corrected chi connectivity index (χ1v) is 11.1. The van der Waals surface area contributed by atoms with Gasteiger partial charge in [-0.15, -0.1) is 0 Å². The fraction of sp³-hybridized carbons (Fsp3) is 0.385. The lowest BCUT2D eigenvalue weighted by atomic mass is 9.78. The van der Waals surface area contributed by atoms with Crippen LogP contribution in [0.5, 0.6) is 5.75 Å². The van der Waals surface area contributed by atoms with Gasteiger partial charge in [-0.05, 0) is 86.8 Å². The van der Waals surface area contributed by atoms with E-state index in [1.54, 1.807) is 7.11 Å². The molecule has 0 bridgehead atoms. The van der Waals surface area contributed by atoms with E-state index in [9.17, 15) is 4.79 Å². The minimum Gasteiger partial charge on any atom is -0.496 e. The predicted molar refractivity (Wildman–Crippen MR) is 124 cm³/mol. The number of amides is 1. The largest absolute Gasteiger partial charge is 0.496 e. The first-order chi connectivity index (χ1) is 15.1. The van der Waals surface area contributed by atoms with Gasteiger partial charge >= 0.3 is 0 Å². The van der Waals surface area contributed by atoms with E-state index >= 15 is 0 Å². The molecule has 2 N–H and O–H groups in total. The van der Waals surface area contributed by atoms with E-state index in [2.05, 4.69) is 28.3 Å². The number of H-pyrrole nitrogens is 1.